The van der Waals surface area contributed by atoms with E-state index in [4.69, 9.17) is 5.73 Å². The Labute approximate surface area is 100 Å². The number of nitrogens with zero attached hydrogens (tertiary/aromatic N) is 4. The highest BCUT2D eigenvalue weighted by molar-refractivity contribution is 5.36. The lowest BCUT2D eigenvalue weighted by Crippen LogP contribution is -2.41. The van der Waals surface area contributed by atoms with Gasteiger partial charge in [-0.3, -0.25) is 4.40 Å². The summed E-state index contributed by atoms with van der Waals surface area (Å²) in [6.07, 6.45) is 7.74. The minimum absolute atomic E-state index is 0.338. The molecule has 90 valence electrons. The van der Waals surface area contributed by atoms with Crippen molar-refractivity contribution >= 4 is 5.65 Å². The number of rotatable bonds is 1. The van der Waals surface area contributed by atoms with Gasteiger partial charge in [0.1, 0.15) is 6.33 Å². The van der Waals surface area contributed by atoms with Crippen LogP contribution in [-0.4, -0.2) is 19.6 Å². The number of hydrogen-bond acceptors (Lipinski definition) is 4. The molecule has 2 aromatic heterocycles. The first-order valence-electron chi connectivity index (χ1n) is 6.13. The summed E-state index contributed by atoms with van der Waals surface area (Å²) in [6.45, 7) is 2.28. The van der Waals surface area contributed by atoms with Crippen LogP contribution in [0.1, 0.15) is 38.4 Å². The van der Waals surface area contributed by atoms with E-state index in [9.17, 15) is 0 Å². The molecular formula is C12H17N5. The van der Waals surface area contributed by atoms with Gasteiger partial charge < -0.3 is 5.73 Å². The molecule has 5 nitrogen and oxygen atoms in total. The molecule has 0 atom stereocenters. The Morgan fingerprint density at radius 3 is 2.88 bits per heavy atom. The van der Waals surface area contributed by atoms with Gasteiger partial charge >= 0.3 is 0 Å². The number of hydrogen-bond donors (Lipinski definition) is 1. The first kappa shape index (κ1) is 10.7. The maximum Gasteiger partial charge on any atom is 0.163 e. The Morgan fingerprint density at radius 1 is 1.35 bits per heavy atom. The van der Waals surface area contributed by atoms with Gasteiger partial charge in [0.25, 0.3) is 0 Å². The fourth-order valence-corrected chi connectivity index (χ4v) is 2.59. The molecule has 3 rings (SSSR count). The van der Waals surface area contributed by atoms with Crippen LogP contribution in [0.3, 0.4) is 0 Å². The van der Waals surface area contributed by atoms with Crippen LogP contribution in [0.5, 0.6) is 0 Å². The lowest BCUT2D eigenvalue weighted by molar-refractivity contribution is 0.235. The molecule has 2 N–H and O–H groups in total. The van der Waals surface area contributed by atoms with Crippen LogP contribution in [0, 0.1) is 5.92 Å². The fourth-order valence-electron chi connectivity index (χ4n) is 2.59. The van der Waals surface area contributed by atoms with Gasteiger partial charge in [-0.25, -0.2) is 4.98 Å². The summed E-state index contributed by atoms with van der Waals surface area (Å²) in [5, 5.41) is 8.41. The quantitative estimate of drug-likeness (QED) is 0.807. The molecule has 2 heterocycles. The molecule has 0 radical (unpaired) electrons. The summed E-state index contributed by atoms with van der Waals surface area (Å²) in [5.41, 5.74) is 6.98. The molecule has 0 saturated heterocycles. The monoisotopic (exact) mass is 231 g/mol. The lowest BCUT2D eigenvalue weighted by atomic mass is 9.77. The van der Waals surface area contributed by atoms with Gasteiger partial charge in [-0.05, 0) is 31.6 Å². The smallest absolute Gasteiger partial charge is 0.163 e. The van der Waals surface area contributed by atoms with Crippen molar-refractivity contribution in [2.75, 3.05) is 0 Å². The summed E-state index contributed by atoms with van der Waals surface area (Å²) < 4.78 is 1.91. The number of fused-ring (bicyclic) bond motifs is 1. The molecule has 17 heavy (non-hydrogen) atoms. The summed E-state index contributed by atoms with van der Waals surface area (Å²) >= 11 is 0. The fraction of sp³-hybridized carbons (Fsp3) is 0.583. The summed E-state index contributed by atoms with van der Waals surface area (Å²) in [6, 6.07) is 1.85. The van der Waals surface area contributed by atoms with Crippen LogP contribution in [0.25, 0.3) is 5.65 Å². The SMILES string of the molecule is CC1CCC(N)(c2nnc3ccncn23)CC1. The predicted molar refractivity (Wildman–Crippen MR) is 64.3 cm³/mol. The van der Waals surface area contributed by atoms with Crippen LogP contribution in [-0.2, 0) is 5.54 Å². The first-order valence-corrected chi connectivity index (χ1v) is 6.13. The standard InChI is InChI=1S/C12H17N5/c1-9-2-5-12(13,6-3-9)11-16-15-10-4-7-14-8-17(10)11/h4,7-9H,2-3,5-6,13H2,1H3. The number of nitrogens with two attached hydrogens (primary N) is 1. The molecule has 1 aliphatic rings. The molecule has 0 spiro atoms. The predicted octanol–water partition coefficient (Wildman–Crippen LogP) is 1.49. The molecule has 0 unspecified atom stereocenters. The average Bonchev–Trinajstić information content (AvgIpc) is 2.78. The molecule has 0 aliphatic heterocycles. The molecule has 5 heteroatoms. The molecular weight excluding hydrogens is 214 g/mol. The van der Waals surface area contributed by atoms with E-state index < -0.39 is 0 Å². The van der Waals surface area contributed by atoms with E-state index in [0.717, 1.165) is 43.1 Å². The molecule has 0 aromatic carbocycles. The second-order valence-corrected chi connectivity index (χ2v) is 5.17. The van der Waals surface area contributed by atoms with Gasteiger partial charge in [-0.15, -0.1) is 10.2 Å². The third kappa shape index (κ3) is 1.70. The summed E-state index contributed by atoms with van der Waals surface area (Å²) in [5.74, 6) is 1.62. The van der Waals surface area contributed by atoms with Crippen LogP contribution in [0.4, 0.5) is 0 Å². The van der Waals surface area contributed by atoms with Crippen LogP contribution >= 0.6 is 0 Å². The van der Waals surface area contributed by atoms with E-state index in [0.29, 0.717) is 0 Å². The van der Waals surface area contributed by atoms with Crippen molar-refractivity contribution in [2.45, 2.75) is 38.1 Å². The van der Waals surface area contributed by atoms with E-state index >= 15 is 0 Å². The molecule has 0 bridgehead atoms. The van der Waals surface area contributed by atoms with Crippen LogP contribution < -0.4 is 5.73 Å². The highest BCUT2D eigenvalue weighted by atomic mass is 15.3. The second-order valence-electron chi connectivity index (χ2n) is 5.17. The zero-order valence-corrected chi connectivity index (χ0v) is 10.0. The zero-order chi connectivity index (χ0) is 11.9. The highest BCUT2D eigenvalue weighted by Gasteiger charge is 2.35. The molecule has 1 saturated carbocycles. The summed E-state index contributed by atoms with van der Waals surface area (Å²) in [7, 11) is 0. The van der Waals surface area contributed by atoms with Gasteiger partial charge in [-0.1, -0.05) is 6.92 Å². The molecule has 1 fully saturated rings. The first-order chi connectivity index (χ1) is 8.19. The summed E-state index contributed by atoms with van der Waals surface area (Å²) in [4.78, 5) is 4.11. The Kier molecular flexibility index (Phi) is 2.36. The van der Waals surface area contributed by atoms with Crippen molar-refractivity contribution in [2.24, 2.45) is 11.7 Å². The van der Waals surface area contributed by atoms with Gasteiger partial charge in [0.05, 0.1) is 5.54 Å². The third-order valence-electron chi connectivity index (χ3n) is 3.83. The number of aromatic nitrogens is 4. The van der Waals surface area contributed by atoms with Crippen molar-refractivity contribution in [1.82, 2.24) is 19.6 Å². The topological polar surface area (TPSA) is 69.1 Å². The van der Waals surface area contributed by atoms with Crippen molar-refractivity contribution in [1.29, 1.82) is 0 Å². The van der Waals surface area contributed by atoms with Gasteiger partial charge in [0.2, 0.25) is 0 Å². The molecule has 2 aromatic rings. The van der Waals surface area contributed by atoms with Crippen molar-refractivity contribution in [3.8, 4) is 0 Å². The van der Waals surface area contributed by atoms with E-state index in [1.165, 1.54) is 0 Å². The maximum absolute atomic E-state index is 6.50. The minimum atomic E-state index is -0.338. The highest BCUT2D eigenvalue weighted by Crippen LogP contribution is 2.36. The largest absolute Gasteiger partial charge is 0.319 e. The van der Waals surface area contributed by atoms with Crippen molar-refractivity contribution in [3.63, 3.8) is 0 Å². The minimum Gasteiger partial charge on any atom is -0.319 e. The molecule has 1 aliphatic carbocycles. The lowest BCUT2D eigenvalue weighted by Gasteiger charge is -2.34. The second kappa shape index (κ2) is 3.77. The van der Waals surface area contributed by atoms with Gasteiger partial charge in [0.15, 0.2) is 11.5 Å². The average molecular weight is 231 g/mol. The molecule has 0 amide bonds. The van der Waals surface area contributed by atoms with Crippen LogP contribution in [0.2, 0.25) is 0 Å². The maximum atomic E-state index is 6.50. The van der Waals surface area contributed by atoms with Crippen molar-refractivity contribution in [3.05, 3.63) is 24.4 Å². The third-order valence-corrected chi connectivity index (χ3v) is 3.83. The van der Waals surface area contributed by atoms with Gasteiger partial charge in [0, 0.05) is 12.3 Å². The van der Waals surface area contributed by atoms with Gasteiger partial charge in [-0.2, -0.15) is 0 Å². The van der Waals surface area contributed by atoms with E-state index in [2.05, 4.69) is 22.1 Å². The Morgan fingerprint density at radius 2 is 2.12 bits per heavy atom. The van der Waals surface area contributed by atoms with Crippen LogP contribution in [0.15, 0.2) is 18.6 Å². The Balaban J connectivity index is 2.03. The van der Waals surface area contributed by atoms with E-state index in [1.54, 1.807) is 12.5 Å². The van der Waals surface area contributed by atoms with E-state index in [-0.39, 0.29) is 5.54 Å². The Hall–Kier alpha value is -1.49. The van der Waals surface area contributed by atoms with Crippen molar-refractivity contribution < 1.29 is 0 Å². The zero-order valence-electron chi connectivity index (χ0n) is 10.0. The van der Waals surface area contributed by atoms with E-state index in [1.807, 2.05) is 10.5 Å². The Bertz CT molecular complexity index is 524. The normalized spacial score (nSPS) is 29.6.